The Morgan fingerprint density at radius 2 is 2.00 bits per heavy atom. The number of sulfonamides is 1. The van der Waals surface area contributed by atoms with Gasteiger partial charge < -0.3 is 5.32 Å². The summed E-state index contributed by atoms with van der Waals surface area (Å²) in [5.74, 6) is 0. The molecule has 1 aromatic carbocycles. The molecule has 1 aromatic rings. The Balaban J connectivity index is 3.18. The SMILES string of the molecule is CNCc1cccc(S(=O)(=O)N(C)CC(F)F)c1C. The summed E-state index contributed by atoms with van der Waals surface area (Å²) >= 11 is 0. The molecule has 0 saturated heterocycles. The Kier molecular flexibility index (Phi) is 5.39. The van der Waals surface area contributed by atoms with Gasteiger partial charge in [-0.2, -0.15) is 4.31 Å². The Hall–Kier alpha value is -1.05. The summed E-state index contributed by atoms with van der Waals surface area (Å²) < 4.78 is 49.7. The van der Waals surface area contributed by atoms with Crippen LogP contribution < -0.4 is 5.32 Å². The maximum absolute atomic E-state index is 12.3. The molecular weight excluding hydrogens is 274 g/mol. The van der Waals surface area contributed by atoms with E-state index in [2.05, 4.69) is 5.32 Å². The van der Waals surface area contributed by atoms with Crippen LogP contribution in [0.25, 0.3) is 0 Å². The van der Waals surface area contributed by atoms with Gasteiger partial charge in [0.1, 0.15) is 0 Å². The highest BCUT2D eigenvalue weighted by atomic mass is 32.2. The first-order chi connectivity index (χ1) is 8.80. The zero-order valence-electron chi connectivity index (χ0n) is 11.2. The van der Waals surface area contributed by atoms with Crippen molar-refractivity contribution in [3.63, 3.8) is 0 Å². The normalized spacial score (nSPS) is 12.4. The van der Waals surface area contributed by atoms with Gasteiger partial charge in [0, 0.05) is 13.6 Å². The second-order valence-electron chi connectivity index (χ2n) is 4.25. The molecule has 0 spiro atoms. The van der Waals surface area contributed by atoms with Crippen LogP contribution in [0, 0.1) is 6.92 Å². The highest BCUT2D eigenvalue weighted by Gasteiger charge is 2.25. The maximum atomic E-state index is 12.3. The molecule has 0 radical (unpaired) electrons. The van der Waals surface area contributed by atoms with E-state index in [0.29, 0.717) is 16.4 Å². The Labute approximate surface area is 112 Å². The lowest BCUT2D eigenvalue weighted by molar-refractivity contribution is 0.126. The van der Waals surface area contributed by atoms with Gasteiger partial charge in [0.15, 0.2) is 0 Å². The average molecular weight is 292 g/mol. The van der Waals surface area contributed by atoms with E-state index in [1.54, 1.807) is 26.1 Å². The predicted molar refractivity (Wildman–Crippen MR) is 69.8 cm³/mol. The third-order valence-electron chi connectivity index (χ3n) is 2.85. The van der Waals surface area contributed by atoms with Crippen molar-refractivity contribution in [2.24, 2.45) is 0 Å². The molecule has 0 aliphatic heterocycles. The Morgan fingerprint density at radius 3 is 2.53 bits per heavy atom. The second-order valence-corrected chi connectivity index (χ2v) is 6.26. The highest BCUT2D eigenvalue weighted by molar-refractivity contribution is 7.89. The molecule has 0 aromatic heterocycles. The summed E-state index contributed by atoms with van der Waals surface area (Å²) in [6.07, 6.45) is -2.69. The topological polar surface area (TPSA) is 49.4 Å². The third-order valence-corrected chi connectivity index (χ3v) is 4.81. The van der Waals surface area contributed by atoms with E-state index in [-0.39, 0.29) is 4.90 Å². The standard InChI is InChI=1S/C12H18F2N2O2S/c1-9-10(7-15-2)5-4-6-11(9)19(17,18)16(3)8-12(13)14/h4-6,12,15H,7-8H2,1-3H3. The van der Waals surface area contributed by atoms with Crippen LogP contribution in [0.3, 0.4) is 0 Å². The fraction of sp³-hybridized carbons (Fsp3) is 0.500. The van der Waals surface area contributed by atoms with Crippen LogP contribution in [0.1, 0.15) is 11.1 Å². The first kappa shape index (κ1) is 16.0. The van der Waals surface area contributed by atoms with E-state index in [9.17, 15) is 17.2 Å². The number of alkyl halides is 2. The lowest BCUT2D eigenvalue weighted by Gasteiger charge is -2.19. The van der Waals surface area contributed by atoms with Crippen LogP contribution >= 0.6 is 0 Å². The number of hydrogen-bond acceptors (Lipinski definition) is 3. The van der Waals surface area contributed by atoms with Crippen molar-refractivity contribution >= 4 is 10.0 Å². The molecule has 0 fully saturated rings. The highest BCUT2D eigenvalue weighted by Crippen LogP contribution is 2.22. The number of nitrogens with one attached hydrogen (secondary N) is 1. The maximum Gasteiger partial charge on any atom is 0.252 e. The fourth-order valence-electron chi connectivity index (χ4n) is 1.78. The molecule has 0 saturated carbocycles. The van der Waals surface area contributed by atoms with E-state index in [0.717, 1.165) is 12.6 Å². The van der Waals surface area contributed by atoms with Crippen molar-refractivity contribution in [3.8, 4) is 0 Å². The van der Waals surface area contributed by atoms with Gasteiger partial charge in [0.25, 0.3) is 6.43 Å². The molecule has 7 heteroatoms. The summed E-state index contributed by atoms with van der Waals surface area (Å²) in [5.41, 5.74) is 1.41. The van der Waals surface area contributed by atoms with Crippen molar-refractivity contribution in [1.82, 2.24) is 9.62 Å². The van der Waals surface area contributed by atoms with Gasteiger partial charge in [-0.3, -0.25) is 0 Å². The third kappa shape index (κ3) is 3.71. The van der Waals surface area contributed by atoms with Crippen LogP contribution in [0.15, 0.2) is 23.1 Å². The molecule has 0 heterocycles. The lowest BCUT2D eigenvalue weighted by Crippen LogP contribution is -2.32. The number of rotatable bonds is 6. The number of benzene rings is 1. The smallest absolute Gasteiger partial charge is 0.252 e. The molecular formula is C12H18F2N2O2S. The van der Waals surface area contributed by atoms with E-state index in [4.69, 9.17) is 0 Å². The monoisotopic (exact) mass is 292 g/mol. The molecule has 0 atom stereocenters. The summed E-state index contributed by atoms with van der Waals surface area (Å²) in [6.45, 7) is 1.39. The van der Waals surface area contributed by atoms with Crippen LogP contribution in [0.2, 0.25) is 0 Å². The van der Waals surface area contributed by atoms with E-state index in [1.807, 2.05) is 0 Å². The molecule has 0 bridgehead atoms. The molecule has 0 unspecified atom stereocenters. The van der Waals surface area contributed by atoms with Gasteiger partial charge in [-0.05, 0) is 31.2 Å². The van der Waals surface area contributed by atoms with Gasteiger partial charge in [-0.1, -0.05) is 12.1 Å². The molecule has 0 aliphatic carbocycles. The minimum Gasteiger partial charge on any atom is -0.316 e. The van der Waals surface area contributed by atoms with Crippen molar-refractivity contribution < 1.29 is 17.2 Å². The van der Waals surface area contributed by atoms with Crippen molar-refractivity contribution in [2.45, 2.75) is 24.8 Å². The first-order valence-corrected chi connectivity index (χ1v) is 7.22. The molecule has 1 N–H and O–H groups in total. The number of nitrogens with zero attached hydrogens (tertiary/aromatic N) is 1. The zero-order valence-corrected chi connectivity index (χ0v) is 12.0. The van der Waals surface area contributed by atoms with Crippen LogP contribution in [-0.2, 0) is 16.6 Å². The number of hydrogen-bond donors (Lipinski definition) is 1. The largest absolute Gasteiger partial charge is 0.316 e. The summed E-state index contributed by atoms with van der Waals surface area (Å²) in [7, 11) is -0.968. The number of halogens is 2. The Morgan fingerprint density at radius 1 is 1.37 bits per heavy atom. The summed E-state index contributed by atoms with van der Waals surface area (Å²) in [5, 5.41) is 2.94. The molecule has 0 amide bonds. The quantitative estimate of drug-likeness (QED) is 0.866. The van der Waals surface area contributed by atoms with Crippen LogP contribution in [-0.4, -0.2) is 39.8 Å². The second kappa shape index (κ2) is 6.40. The molecule has 19 heavy (non-hydrogen) atoms. The van der Waals surface area contributed by atoms with Gasteiger partial charge in [0.2, 0.25) is 10.0 Å². The van der Waals surface area contributed by atoms with Crippen LogP contribution in [0.5, 0.6) is 0 Å². The van der Waals surface area contributed by atoms with Gasteiger partial charge in [-0.25, -0.2) is 17.2 Å². The molecule has 108 valence electrons. The van der Waals surface area contributed by atoms with E-state index in [1.165, 1.54) is 6.07 Å². The zero-order chi connectivity index (χ0) is 14.6. The van der Waals surface area contributed by atoms with Gasteiger partial charge in [-0.15, -0.1) is 0 Å². The minimum absolute atomic E-state index is 0.0726. The van der Waals surface area contributed by atoms with E-state index >= 15 is 0 Å². The van der Waals surface area contributed by atoms with Gasteiger partial charge in [0.05, 0.1) is 11.4 Å². The van der Waals surface area contributed by atoms with Crippen molar-refractivity contribution in [3.05, 3.63) is 29.3 Å². The Bertz CT molecular complexity index is 533. The lowest BCUT2D eigenvalue weighted by atomic mass is 10.1. The summed E-state index contributed by atoms with van der Waals surface area (Å²) in [4.78, 5) is 0.0726. The summed E-state index contributed by atoms with van der Waals surface area (Å²) in [6, 6.07) is 4.85. The first-order valence-electron chi connectivity index (χ1n) is 5.78. The molecule has 0 aliphatic rings. The average Bonchev–Trinajstić information content (AvgIpc) is 2.31. The molecule has 4 nitrogen and oxygen atoms in total. The molecule has 1 rings (SSSR count). The predicted octanol–water partition coefficient (Wildman–Crippen LogP) is 1.60. The van der Waals surface area contributed by atoms with Crippen LogP contribution in [0.4, 0.5) is 8.78 Å². The van der Waals surface area contributed by atoms with Crippen molar-refractivity contribution in [1.29, 1.82) is 0 Å². The van der Waals surface area contributed by atoms with Gasteiger partial charge >= 0.3 is 0 Å². The van der Waals surface area contributed by atoms with Crippen molar-refractivity contribution in [2.75, 3.05) is 20.6 Å². The minimum atomic E-state index is -3.88. The van der Waals surface area contributed by atoms with E-state index < -0.39 is 23.0 Å². The fourth-order valence-corrected chi connectivity index (χ4v) is 3.19.